The fourth-order valence-electron chi connectivity index (χ4n) is 1.63. The number of nitrogens with one attached hydrogen (secondary N) is 1. The van der Waals surface area contributed by atoms with Crippen LogP contribution in [0, 0.1) is 0 Å². The molecule has 2 heterocycles. The van der Waals surface area contributed by atoms with Crippen LogP contribution in [-0.4, -0.2) is 34.9 Å². The Balaban J connectivity index is 0.00000180. The van der Waals surface area contributed by atoms with Gasteiger partial charge in [0.1, 0.15) is 6.10 Å². The summed E-state index contributed by atoms with van der Waals surface area (Å²) in [6, 6.07) is 0. The van der Waals surface area contributed by atoms with Crippen LogP contribution in [0.15, 0.2) is 0 Å². The van der Waals surface area contributed by atoms with E-state index in [0.717, 1.165) is 0 Å². The molecule has 1 amide bonds. The molecule has 1 aromatic heterocycles. The zero-order chi connectivity index (χ0) is 13.1. The lowest BCUT2D eigenvalue weighted by atomic mass is 10.2. The Kier molecular flexibility index (Phi) is 5.98. The SMILES string of the molecule is Cl.NC[C@H]1CC[C@@H](C(=O)Nc2nnc(C(F)F)s2)O1. The second-order valence-electron chi connectivity index (χ2n) is 3.80. The van der Waals surface area contributed by atoms with E-state index in [1.54, 1.807) is 0 Å². The molecule has 0 spiro atoms. The van der Waals surface area contributed by atoms with Gasteiger partial charge < -0.3 is 10.5 Å². The zero-order valence-corrected chi connectivity index (χ0v) is 11.3. The van der Waals surface area contributed by atoms with Crippen molar-refractivity contribution in [2.24, 2.45) is 5.73 Å². The lowest BCUT2D eigenvalue weighted by Gasteiger charge is -2.10. The quantitative estimate of drug-likeness (QED) is 0.875. The van der Waals surface area contributed by atoms with Crippen LogP contribution in [-0.2, 0) is 9.53 Å². The Labute approximate surface area is 118 Å². The number of nitrogens with zero attached hydrogens (tertiary/aromatic N) is 2. The standard InChI is InChI=1S/C9H12F2N4O2S.ClH/c10-6(11)8-14-15-9(18-8)13-7(16)5-2-1-4(3-12)17-5;/h4-6H,1-3,12H2,(H,13,15,16);1H/t4-,5+;/m1./s1. The lowest BCUT2D eigenvalue weighted by Crippen LogP contribution is -2.29. The minimum atomic E-state index is -2.68. The topological polar surface area (TPSA) is 90.1 Å². The largest absolute Gasteiger partial charge is 0.364 e. The molecule has 6 nitrogen and oxygen atoms in total. The van der Waals surface area contributed by atoms with Crippen LogP contribution in [0.3, 0.4) is 0 Å². The number of ether oxygens (including phenoxy) is 1. The van der Waals surface area contributed by atoms with Gasteiger partial charge in [-0.2, -0.15) is 0 Å². The molecule has 2 atom stereocenters. The smallest absolute Gasteiger partial charge is 0.291 e. The van der Waals surface area contributed by atoms with E-state index >= 15 is 0 Å². The number of carbonyl (C=O) groups excluding carboxylic acids is 1. The zero-order valence-electron chi connectivity index (χ0n) is 9.71. The van der Waals surface area contributed by atoms with Crippen molar-refractivity contribution < 1.29 is 18.3 Å². The molecule has 108 valence electrons. The molecule has 19 heavy (non-hydrogen) atoms. The Morgan fingerprint density at radius 3 is 2.79 bits per heavy atom. The fraction of sp³-hybridized carbons (Fsp3) is 0.667. The number of anilines is 1. The van der Waals surface area contributed by atoms with E-state index in [1.165, 1.54) is 0 Å². The highest BCUT2D eigenvalue weighted by Crippen LogP contribution is 2.26. The van der Waals surface area contributed by atoms with Gasteiger partial charge in [-0.3, -0.25) is 10.1 Å². The average molecular weight is 315 g/mol. The van der Waals surface area contributed by atoms with E-state index in [-0.39, 0.29) is 23.6 Å². The van der Waals surface area contributed by atoms with Crippen molar-refractivity contribution in [1.29, 1.82) is 0 Å². The molecule has 10 heteroatoms. The van der Waals surface area contributed by atoms with Crippen molar-refractivity contribution in [1.82, 2.24) is 10.2 Å². The normalized spacial score (nSPS) is 22.3. The molecule has 0 bridgehead atoms. The molecular weight excluding hydrogens is 302 g/mol. The van der Waals surface area contributed by atoms with Crippen molar-refractivity contribution in [3.05, 3.63) is 5.01 Å². The van der Waals surface area contributed by atoms with Gasteiger partial charge in [-0.25, -0.2) is 8.78 Å². The number of hydrogen-bond acceptors (Lipinski definition) is 6. The van der Waals surface area contributed by atoms with Gasteiger partial charge in [-0.05, 0) is 12.8 Å². The van der Waals surface area contributed by atoms with Crippen molar-refractivity contribution in [3.8, 4) is 0 Å². The van der Waals surface area contributed by atoms with Crippen molar-refractivity contribution >= 4 is 34.8 Å². The molecule has 2 rings (SSSR count). The van der Waals surface area contributed by atoms with E-state index in [2.05, 4.69) is 15.5 Å². The number of halogens is 3. The van der Waals surface area contributed by atoms with Crippen LogP contribution in [0.1, 0.15) is 24.3 Å². The maximum absolute atomic E-state index is 12.3. The highest BCUT2D eigenvalue weighted by atomic mass is 35.5. The molecule has 1 fully saturated rings. The summed E-state index contributed by atoms with van der Waals surface area (Å²) in [6.07, 6.45) is -2.12. The van der Waals surface area contributed by atoms with Crippen LogP contribution in [0.2, 0.25) is 0 Å². The van der Waals surface area contributed by atoms with Crippen LogP contribution >= 0.6 is 23.7 Å². The molecule has 1 aromatic rings. The minimum Gasteiger partial charge on any atom is -0.364 e. The van der Waals surface area contributed by atoms with E-state index in [4.69, 9.17) is 10.5 Å². The highest BCUT2D eigenvalue weighted by molar-refractivity contribution is 7.15. The second-order valence-corrected chi connectivity index (χ2v) is 4.80. The van der Waals surface area contributed by atoms with E-state index in [9.17, 15) is 13.6 Å². The molecule has 1 aliphatic heterocycles. The molecular formula is C9H13ClF2N4O2S. The molecule has 3 N–H and O–H groups in total. The van der Waals surface area contributed by atoms with Crippen LogP contribution in [0.25, 0.3) is 0 Å². The predicted molar refractivity (Wildman–Crippen MR) is 67.7 cm³/mol. The molecule has 0 saturated carbocycles. The van der Waals surface area contributed by atoms with Gasteiger partial charge in [0.25, 0.3) is 12.3 Å². The van der Waals surface area contributed by atoms with Gasteiger partial charge >= 0.3 is 0 Å². The summed E-state index contributed by atoms with van der Waals surface area (Å²) in [5.41, 5.74) is 5.43. The Morgan fingerprint density at radius 1 is 1.53 bits per heavy atom. The number of alkyl halides is 2. The van der Waals surface area contributed by atoms with Gasteiger partial charge in [0.05, 0.1) is 6.10 Å². The number of aromatic nitrogens is 2. The maximum Gasteiger partial charge on any atom is 0.291 e. The van der Waals surface area contributed by atoms with Crippen LogP contribution in [0.4, 0.5) is 13.9 Å². The number of rotatable bonds is 4. The van der Waals surface area contributed by atoms with Gasteiger partial charge in [-0.1, -0.05) is 11.3 Å². The number of nitrogens with two attached hydrogens (primary N) is 1. The Bertz CT molecular complexity index is 434. The first-order valence-corrected chi connectivity index (χ1v) is 6.19. The lowest BCUT2D eigenvalue weighted by molar-refractivity contribution is -0.126. The summed E-state index contributed by atoms with van der Waals surface area (Å²) < 4.78 is 29.9. The molecule has 0 aliphatic carbocycles. The van der Waals surface area contributed by atoms with Gasteiger partial charge in [-0.15, -0.1) is 22.6 Å². The van der Waals surface area contributed by atoms with Crippen molar-refractivity contribution in [3.63, 3.8) is 0 Å². The number of amides is 1. The summed E-state index contributed by atoms with van der Waals surface area (Å²) in [5.74, 6) is -0.400. The third-order valence-electron chi connectivity index (χ3n) is 2.52. The molecule has 0 aromatic carbocycles. The predicted octanol–water partition coefficient (Wildman–Crippen LogP) is 1.34. The molecule has 1 aliphatic rings. The summed E-state index contributed by atoms with van der Waals surface area (Å²) in [4.78, 5) is 11.7. The Hall–Kier alpha value is -0.900. The average Bonchev–Trinajstić information content (AvgIpc) is 2.96. The molecule has 1 saturated heterocycles. The maximum atomic E-state index is 12.3. The molecule has 0 unspecified atom stereocenters. The van der Waals surface area contributed by atoms with Crippen molar-refractivity contribution in [2.45, 2.75) is 31.5 Å². The number of carbonyl (C=O) groups is 1. The van der Waals surface area contributed by atoms with Gasteiger partial charge in [0, 0.05) is 6.54 Å². The minimum absolute atomic E-state index is 0. The van der Waals surface area contributed by atoms with Crippen LogP contribution < -0.4 is 11.1 Å². The number of hydrogen-bond donors (Lipinski definition) is 2. The first kappa shape index (κ1) is 16.2. The fourth-order valence-corrected chi connectivity index (χ4v) is 2.23. The van der Waals surface area contributed by atoms with Crippen LogP contribution in [0.5, 0.6) is 0 Å². The monoisotopic (exact) mass is 314 g/mol. The summed E-state index contributed by atoms with van der Waals surface area (Å²) in [7, 11) is 0. The summed E-state index contributed by atoms with van der Waals surface area (Å²) >= 11 is 0.650. The molecule has 0 radical (unpaired) electrons. The van der Waals surface area contributed by atoms with E-state index in [1.807, 2.05) is 0 Å². The summed E-state index contributed by atoms with van der Waals surface area (Å²) in [5, 5.41) is 8.78. The summed E-state index contributed by atoms with van der Waals surface area (Å²) in [6.45, 7) is 0.359. The van der Waals surface area contributed by atoms with Crippen molar-refractivity contribution in [2.75, 3.05) is 11.9 Å². The van der Waals surface area contributed by atoms with E-state index in [0.29, 0.717) is 30.7 Å². The second kappa shape index (κ2) is 7.04. The van der Waals surface area contributed by atoms with E-state index < -0.39 is 23.4 Å². The first-order valence-electron chi connectivity index (χ1n) is 5.38. The Morgan fingerprint density at radius 2 is 2.26 bits per heavy atom. The van der Waals surface area contributed by atoms with Gasteiger partial charge in [0.15, 0.2) is 5.01 Å². The third kappa shape index (κ3) is 4.03. The third-order valence-corrected chi connectivity index (χ3v) is 3.37. The highest BCUT2D eigenvalue weighted by Gasteiger charge is 2.30. The van der Waals surface area contributed by atoms with Gasteiger partial charge in [0.2, 0.25) is 5.13 Å². The first-order chi connectivity index (χ1) is 8.60.